The molecule has 70 valence electrons. The molecule has 1 aromatic carbocycles. The van der Waals surface area contributed by atoms with Crippen molar-refractivity contribution in [2.75, 3.05) is 11.9 Å². The summed E-state index contributed by atoms with van der Waals surface area (Å²) in [5.41, 5.74) is 1.77. The number of benzene rings is 1. The summed E-state index contributed by atoms with van der Waals surface area (Å²) in [5.74, 6) is -0.489. The fourth-order valence-electron chi connectivity index (χ4n) is 1.20. The van der Waals surface area contributed by atoms with E-state index in [0.29, 0.717) is 16.8 Å². The van der Waals surface area contributed by atoms with Crippen LogP contribution >= 0.6 is 0 Å². The zero-order valence-corrected chi connectivity index (χ0v) is 7.44. The van der Waals surface area contributed by atoms with Gasteiger partial charge in [0.25, 0.3) is 0 Å². The molecule has 1 N–H and O–H groups in total. The highest BCUT2D eigenvalue weighted by Crippen LogP contribution is 2.18. The van der Waals surface area contributed by atoms with Crippen LogP contribution in [0, 0.1) is 11.5 Å². The fourth-order valence-corrected chi connectivity index (χ4v) is 1.20. The number of nitrogens with zero attached hydrogens (tertiary/aromatic N) is 2. The van der Waals surface area contributed by atoms with Gasteiger partial charge in [0, 0.05) is 13.1 Å². The van der Waals surface area contributed by atoms with E-state index in [9.17, 15) is 4.79 Å². The number of nitriles is 1. The van der Waals surface area contributed by atoms with Crippen LogP contribution in [-0.2, 0) is 0 Å². The molecule has 0 aliphatic heterocycles. The van der Waals surface area contributed by atoms with Gasteiger partial charge in [-0.1, -0.05) is 0 Å². The molecule has 0 aliphatic rings. The zero-order chi connectivity index (χ0) is 10.1. The molecule has 0 bridgehead atoms. The smallest absolute Gasteiger partial charge is 0.408 e. The van der Waals surface area contributed by atoms with Crippen LogP contribution in [0.25, 0.3) is 11.1 Å². The van der Waals surface area contributed by atoms with Gasteiger partial charge in [-0.25, -0.2) is 4.79 Å². The molecule has 2 rings (SSSR count). The van der Waals surface area contributed by atoms with Crippen molar-refractivity contribution in [3.8, 4) is 6.19 Å². The number of H-pyrrole nitrogens is 1. The third kappa shape index (κ3) is 1.23. The van der Waals surface area contributed by atoms with Crippen LogP contribution in [0.3, 0.4) is 0 Å². The van der Waals surface area contributed by atoms with Crippen molar-refractivity contribution in [2.45, 2.75) is 0 Å². The maximum absolute atomic E-state index is 10.8. The lowest BCUT2D eigenvalue weighted by Gasteiger charge is -2.06. The van der Waals surface area contributed by atoms with E-state index in [1.807, 2.05) is 6.19 Å². The molecule has 0 aliphatic carbocycles. The predicted octanol–water partition coefficient (Wildman–Crippen LogP) is 1.04. The number of anilines is 1. The first kappa shape index (κ1) is 8.38. The quantitative estimate of drug-likeness (QED) is 0.537. The number of aromatic amines is 1. The van der Waals surface area contributed by atoms with Crippen LogP contribution < -0.4 is 10.7 Å². The lowest BCUT2D eigenvalue weighted by Crippen LogP contribution is -2.07. The topological polar surface area (TPSA) is 73.0 Å². The average Bonchev–Trinajstić information content (AvgIpc) is 2.55. The maximum Gasteiger partial charge on any atom is 0.417 e. The first-order valence-electron chi connectivity index (χ1n) is 3.97. The number of oxazole rings is 1. The summed E-state index contributed by atoms with van der Waals surface area (Å²) in [6, 6.07) is 5.07. The van der Waals surface area contributed by atoms with Gasteiger partial charge in [0.1, 0.15) is 0 Å². The number of rotatable bonds is 1. The van der Waals surface area contributed by atoms with E-state index in [1.54, 1.807) is 25.2 Å². The minimum Gasteiger partial charge on any atom is -0.408 e. The van der Waals surface area contributed by atoms with Crippen LogP contribution in [-0.4, -0.2) is 12.0 Å². The molecule has 0 spiro atoms. The van der Waals surface area contributed by atoms with Gasteiger partial charge in [0.05, 0.1) is 11.2 Å². The number of nitrogens with one attached hydrogen (secondary N) is 1. The summed E-state index contributed by atoms with van der Waals surface area (Å²) in [4.78, 5) is 14.7. The molecular formula is C9H7N3O2. The Labute approximate surface area is 79.2 Å². The van der Waals surface area contributed by atoms with Crippen molar-refractivity contribution in [3.63, 3.8) is 0 Å². The predicted molar refractivity (Wildman–Crippen MR) is 50.9 cm³/mol. The minimum atomic E-state index is -0.489. The number of aromatic nitrogens is 1. The van der Waals surface area contributed by atoms with Crippen LogP contribution in [0.15, 0.2) is 27.4 Å². The van der Waals surface area contributed by atoms with Gasteiger partial charge in [-0.05, 0) is 12.1 Å². The molecule has 5 heteroatoms. The Bertz CT molecular complexity index is 561. The van der Waals surface area contributed by atoms with E-state index in [2.05, 4.69) is 4.98 Å². The minimum absolute atomic E-state index is 0.453. The summed E-state index contributed by atoms with van der Waals surface area (Å²) in [6.07, 6.45) is 1.96. The molecule has 0 amide bonds. The molecule has 5 nitrogen and oxygen atoms in total. The number of hydrogen-bond donors (Lipinski definition) is 1. The Hall–Kier alpha value is -2.22. The lowest BCUT2D eigenvalue weighted by atomic mass is 10.3. The molecule has 14 heavy (non-hydrogen) atoms. The summed E-state index contributed by atoms with van der Waals surface area (Å²) in [7, 11) is 1.63. The summed E-state index contributed by atoms with van der Waals surface area (Å²) < 4.78 is 4.86. The Morgan fingerprint density at radius 1 is 1.57 bits per heavy atom. The van der Waals surface area contributed by atoms with Crippen molar-refractivity contribution in [1.29, 1.82) is 5.26 Å². The van der Waals surface area contributed by atoms with E-state index in [-0.39, 0.29) is 0 Å². The van der Waals surface area contributed by atoms with E-state index in [0.717, 1.165) is 0 Å². The normalized spacial score (nSPS) is 10.0. The molecule has 1 aromatic heterocycles. The Morgan fingerprint density at radius 3 is 3.07 bits per heavy atom. The van der Waals surface area contributed by atoms with Gasteiger partial charge in [-0.15, -0.1) is 0 Å². The second kappa shape index (κ2) is 2.92. The highest BCUT2D eigenvalue weighted by Gasteiger charge is 2.04. The monoisotopic (exact) mass is 189 g/mol. The van der Waals surface area contributed by atoms with Crippen LogP contribution in [0.5, 0.6) is 0 Å². The molecule has 2 aromatic rings. The van der Waals surface area contributed by atoms with Gasteiger partial charge < -0.3 is 4.42 Å². The molecule has 0 atom stereocenters. The molecule has 0 radical (unpaired) electrons. The second-order valence-corrected chi connectivity index (χ2v) is 2.85. The Kier molecular flexibility index (Phi) is 1.75. The Balaban J connectivity index is 2.62. The van der Waals surface area contributed by atoms with Crippen molar-refractivity contribution in [1.82, 2.24) is 4.98 Å². The number of hydrogen-bond acceptors (Lipinski definition) is 4. The lowest BCUT2D eigenvalue weighted by molar-refractivity contribution is 0.555. The average molecular weight is 189 g/mol. The summed E-state index contributed by atoms with van der Waals surface area (Å²) in [6.45, 7) is 0. The van der Waals surface area contributed by atoms with Gasteiger partial charge in [-0.2, -0.15) is 5.26 Å². The van der Waals surface area contributed by atoms with Crippen molar-refractivity contribution in [3.05, 3.63) is 28.7 Å². The maximum atomic E-state index is 10.8. The highest BCUT2D eigenvalue weighted by atomic mass is 16.4. The van der Waals surface area contributed by atoms with Crippen LogP contribution in [0.1, 0.15) is 0 Å². The molecule has 0 saturated heterocycles. The molecular weight excluding hydrogens is 182 g/mol. The molecule has 1 heterocycles. The third-order valence-electron chi connectivity index (χ3n) is 1.94. The standard InChI is InChI=1S/C9H7N3O2/c1-12(5-10)6-2-3-7-8(4-6)14-9(13)11-7/h2-4H,1H3,(H,11,13). The van der Waals surface area contributed by atoms with Gasteiger partial charge in [-0.3, -0.25) is 9.88 Å². The molecule has 0 saturated carbocycles. The zero-order valence-electron chi connectivity index (χ0n) is 7.44. The molecule has 0 fully saturated rings. The Morgan fingerprint density at radius 2 is 2.36 bits per heavy atom. The van der Waals surface area contributed by atoms with E-state index >= 15 is 0 Å². The molecule has 0 unspecified atom stereocenters. The largest absolute Gasteiger partial charge is 0.417 e. The van der Waals surface area contributed by atoms with Gasteiger partial charge >= 0.3 is 5.76 Å². The second-order valence-electron chi connectivity index (χ2n) is 2.85. The van der Waals surface area contributed by atoms with Crippen LogP contribution in [0.4, 0.5) is 5.69 Å². The van der Waals surface area contributed by atoms with Crippen LogP contribution in [0.2, 0.25) is 0 Å². The first-order chi connectivity index (χ1) is 6.70. The summed E-state index contributed by atoms with van der Waals surface area (Å²) in [5, 5.41) is 8.64. The highest BCUT2D eigenvalue weighted by molar-refractivity contribution is 5.77. The van der Waals surface area contributed by atoms with Crippen molar-refractivity contribution < 1.29 is 4.42 Å². The number of fused-ring (bicyclic) bond motifs is 1. The van der Waals surface area contributed by atoms with E-state index in [1.165, 1.54) is 4.90 Å². The first-order valence-corrected chi connectivity index (χ1v) is 3.97. The third-order valence-corrected chi connectivity index (χ3v) is 1.94. The van der Waals surface area contributed by atoms with Gasteiger partial charge in [0.2, 0.25) is 0 Å². The SMILES string of the molecule is CN(C#N)c1ccc2[nH]c(=O)oc2c1. The van der Waals surface area contributed by atoms with Crippen molar-refractivity contribution in [2.24, 2.45) is 0 Å². The van der Waals surface area contributed by atoms with E-state index < -0.39 is 5.76 Å². The summed E-state index contributed by atoms with van der Waals surface area (Å²) >= 11 is 0. The van der Waals surface area contributed by atoms with Gasteiger partial charge in [0.15, 0.2) is 11.8 Å². The fraction of sp³-hybridized carbons (Fsp3) is 0.111. The van der Waals surface area contributed by atoms with Crippen molar-refractivity contribution >= 4 is 16.8 Å². The van der Waals surface area contributed by atoms with E-state index in [4.69, 9.17) is 9.68 Å².